The fourth-order valence-electron chi connectivity index (χ4n) is 6.22. The molecule has 0 aromatic heterocycles. The summed E-state index contributed by atoms with van der Waals surface area (Å²) >= 11 is 0. The van der Waals surface area contributed by atoms with Crippen LogP contribution < -0.4 is 10.4 Å². The molecule has 0 aliphatic heterocycles. The molecule has 0 saturated heterocycles. The van der Waals surface area contributed by atoms with E-state index in [-0.39, 0.29) is 0 Å². The number of aryl methyl sites for hydroxylation is 2. The Balaban J connectivity index is 1.59. The molecular weight excluding hydrogens is 352 g/mol. The van der Waals surface area contributed by atoms with Gasteiger partial charge in [-0.1, -0.05) is 89.1 Å². The number of hydrogen-bond donors (Lipinski definition) is 0. The van der Waals surface area contributed by atoms with Crippen LogP contribution in [-0.4, -0.2) is 8.80 Å². The predicted octanol–water partition coefficient (Wildman–Crippen LogP) is 5.34. The highest BCUT2D eigenvalue weighted by Crippen LogP contribution is 2.53. The third-order valence-electron chi connectivity index (χ3n) is 7.61. The van der Waals surface area contributed by atoms with Crippen LogP contribution in [0.5, 0.6) is 0 Å². The summed E-state index contributed by atoms with van der Waals surface area (Å²) in [6.07, 6.45) is 10.8. The summed E-state index contributed by atoms with van der Waals surface area (Å²) in [6, 6.07) is 19.1. The van der Waals surface area contributed by atoms with Crippen molar-refractivity contribution in [3.63, 3.8) is 0 Å². The Morgan fingerprint density at radius 1 is 0.750 bits per heavy atom. The van der Waals surface area contributed by atoms with Crippen molar-refractivity contribution >= 4 is 19.2 Å². The Bertz CT molecular complexity index is 870. The molecule has 0 nitrogen and oxygen atoms in total. The molecule has 3 aliphatic rings. The normalized spacial score (nSPS) is 28.7. The zero-order chi connectivity index (χ0) is 19.3. The van der Waals surface area contributed by atoms with Crippen LogP contribution in [0.1, 0.15) is 43.7 Å². The van der Waals surface area contributed by atoms with Crippen molar-refractivity contribution < 1.29 is 0 Å². The standard InChI is InChI=1S/C27H32Si/c1-18-7-11-24(12-8-18)28(25-13-9-19(2)10-14-25)27-20(3)15-23-16-21-5-4-6-22(21)17-26(23)27/h7-14,16-17,20,23,26-28H,4-6,15H2,1-3H3. The average molecular weight is 385 g/mol. The van der Waals surface area contributed by atoms with E-state index < -0.39 is 8.80 Å². The largest absolute Gasteiger partial charge is 0.107 e. The van der Waals surface area contributed by atoms with Crippen LogP contribution in [0, 0.1) is 31.6 Å². The Labute approximate surface area is 172 Å². The van der Waals surface area contributed by atoms with Gasteiger partial charge in [-0.25, -0.2) is 0 Å². The highest BCUT2D eigenvalue weighted by molar-refractivity contribution is 6.86. The Kier molecular flexibility index (Phi) is 4.67. The summed E-state index contributed by atoms with van der Waals surface area (Å²) in [5.41, 5.74) is 6.95. The molecule has 1 heteroatoms. The second-order valence-electron chi connectivity index (χ2n) is 9.57. The molecule has 0 radical (unpaired) electrons. The van der Waals surface area contributed by atoms with Crippen molar-refractivity contribution in [2.45, 2.75) is 52.0 Å². The summed E-state index contributed by atoms with van der Waals surface area (Å²) in [4.78, 5) is 0. The van der Waals surface area contributed by atoms with E-state index in [1.165, 1.54) is 36.8 Å². The van der Waals surface area contributed by atoms with Crippen LogP contribution in [0.4, 0.5) is 0 Å². The number of benzene rings is 2. The molecule has 5 rings (SSSR count). The fourth-order valence-corrected chi connectivity index (χ4v) is 10.4. The molecule has 28 heavy (non-hydrogen) atoms. The lowest BCUT2D eigenvalue weighted by atomic mass is 9.85. The summed E-state index contributed by atoms with van der Waals surface area (Å²) in [5.74, 6) is 2.34. The van der Waals surface area contributed by atoms with Crippen LogP contribution >= 0.6 is 0 Å². The summed E-state index contributed by atoms with van der Waals surface area (Å²) in [6.45, 7) is 6.95. The SMILES string of the molecule is Cc1ccc([SiH](c2ccc(C)cc2)C2C(C)CC3C=C4CCCC4=CC32)cc1. The Morgan fingerprint density at radius 3 is 1.86 bits per heavy atom. The van der Waals surface area contributed by atoms with Gasteiger partial charge in [0.1, 0.15) is 8.80 Å². The zero-order valence-corrected chi connectivity index (χ0v) is 18.6. The molecule has 2 aromatic carbocycles. The van der Waals surface area contributed by atoms with Crippen LogP contribution in [-0.2, 0) is 0 Å². The van der Waals surface area contributed by atoms with Gasteiger partial charge in [0.05, 0.1) is 0 Å². The lowest BCUT2D eigenvalue weighted by molar-refractivity contribution is 0.540. The predicted molar refractivity (Wildman–Crippen MR) is 123 cm³/mol. The van der Waals surface area contributed by atoms with Crippen LogP contribution in [0.3, 0.4) is 0 Å². The molecule has 0 N–H and O–H groups in total. The van der Waals surface area contributed by atoms with Gasteiger partial charge < -0.3 is 0 Å². The van der Waals surface area contributed by atoms with E-state index in [1.807, 2.05) is 0 Å². The molecule has 2 aromatic rings. The van der Waals surface area contributed by atoms with Crippen LogP contribution in [0.15, 0.2) is 71.8 Å². The van der Waals surface area contributed by atoms with E-state index in [1.54, 1.807) is 21.5 Å². The summed E-state index contributed by atoms with van der Waals surface area (Å²) in [7, 11) is -1.31. The van der Waals surface area contributed by atoms with Gasteiger partial charge in [-0.15, -0.1) is 0 Å². The number of hydrogen-bond acceptors (Lipinski definition) is 0. The first-order valence-corrected chi connectivity index (χ1v) is 13.0. The van der Waals surface area contributed by atoms with Crippen molar-refractivity contribution in [1.29, 1.82) is 0 Å². The third kappa shape index (κ3) is 3.14. The summed E-state index contributed by atoms with van der Waals surface area (Å²) < 4.78 is 0. The monoisotopic (exact) mass is 384 g/mol. The molecule has 0 amide bonds. The molecule has 4 unspecified atom stereocenters. The average Bonchev–Trinajstić information content (AvgIpc) is 3.26. The van der Waals surface area contributed by atoms with Crippen molar-refractivity contribution in [3.8, 4) is 0 Å². The maximum absolute atomic E-state index is 2.74. The van der Waals surface area contributed by atoms with Gasteiger partial charge in [0.25, 0.3) is 0 Å². The van der Waals surface area contributed by atoms with Crippen LogP contribution in [0.25, 0.3) is 0 Å². The second kappa shape index (κ2) is 7.19. The molecule has 0 heterocycles. The maximum atomic E-state index is 2.74. The van der Waals surface area contributed by atoms with E-state index >= 15 is 0 Å². The Morgan fingerprint density at radius 2 is 1.29 bits per heavy atom. The lowest BCUT2D eigenvalue weighted by Gasteiger charge is -2.33. The van der Waals surface area contributed by atoms with Crippen molar-refractivity contribution in [2.75, 3.05) is 0 Å². The van der Waals surface area contributed by atoms with Crippen molar-refractivity contribution in [3.05, 3.63) is 83.0 Å². The fraction of sp³-hybridized carbons (Fsp3) is 0.407. The van der Waals surface area contributed by atoms with E-state index in [9.17, 15) is 0 Å². The Hall–Kier alpha value is -1.86. The molecular formula is C27H32Si. The zero-order valence-electron chi connectivity index (χ0n) is 17.5. The van der Waals surface area contributed by atoms with Gasteiger partial charge in [-0.3, -0.25) is 0 Å². The highest BCUT2D eigenvalue weighted by Gasteiger charge is 2.46. The van der Waals surface area contributed by atoms with Gasteiger partial charge >= 0.3 is 0 Å². The molecule has 3 aliphatic carbocycles. The molecule has 2 saturated carbocycles. The molecule has 144 valence electrons. The van der Waals surface area contributed by atoms with Crippen LogP contribution in [0.2, 0.25) is 5.54 Å². The number of rotatable bonds is 3. The van der Waals surface area contributed by atoms with Gasteiger partial charge in [0.2, 0.25) is 0 Å². The lowest BCUT2D eigenvalue weighted by Crippen LogP contribution is -2.48. The molecule has 0 bridgehead atoms. The minimum atomic E-state index is -1.31. The number of fused-ring (bicyclic) bond motifs is 2. The van der Waals surface area contributed by atoms with Gasteiger partial charge in [-0.05, 0) is 74.0 Å². The quantitative estimate of drug-likeness (QED) is 0.627. The minimum Gasteiger partial charge on any atom is -0.0773 e. The number of allylic oxidation sites excluding steroid dienone is 4. The highest BCUT2D eigenvalue weighted by atomic mass is 28.3. The third-order valence-corrected chi connectivity index (χ3v) is 11.7. The molecule has 0 spiro atoms. The smallest absolute Gasteiger partial charge is 0.0773 e. The van der Waals surface area contributed by atoms with E-state index in [0.717, 1.165) is 23.3 Å². The second-order valence-corrected chi connectivity index (χ2v) is 12.6. The maximum Gasteiger partial charge on any atom is 0.107 e. The van der Waals surface area contributed by atoms with Gasteiger partial charge in [-0.2, -0.15) is 0 Å². The van der Waals surface area contributed by atoms with E-state index in [4.69, 9.17) is 0 Å². The van der Waals surface area contributed by atoms with Gasteiger partial charge in [0, 0.05) is 0 Å². The first-order chi connectivity index (χ1) is 13.6. The van der Waals surface area contributed by atoms with Crippen molar-refractivity contribution in [2.24, 2.45) is 17.8 Å². The molecule has 4 atom stereocenters. The van der Waals surface area contributed by atoms with Crippen molar-refractivity contribution in [1.82, 2.24) is 0 Å². The summed E-state index contributed by atoms with van der Waals surface area (Å²) in [5, 5.41) is 3.26. The first-order valence-electron chi connectivity index (χ1n) is 11.1. The minimum absolute atomic E-state index is 0.756. The van der Waals surface area contributed by atoms with Gasteiger partial charge in [0.15, 0.2) is 0 Å². The van der Waals surface area contributed by atoms with E-state index in [2.05, 4.69) is 81.5 Å². The first kappa shape index (κ1) is 18.2. The molecule has 2 fully saturated rings. The van der Waals surface area contributed by atoms with E-state index in [0.29, 0.717) is 0 Å². The topological polar surface area (TPSA) is 0 Å².